The Balaban J connectivity index is 1.82. The van der Waals surface area contributed by atoms with Gasteiger partial charge in [0.1, 0.15) is 5.75 Å². The number of aromatic hydroxyl groups is 1. The number of carboxylic acid groups (broad SMARTS) is 1. The summed E-state index contributed by atoms with van der Waals surface area (Å²) in [7, 11) is 0. The van der Waals surface area contributed by atoms with Gasteiger partial charge in [-0.2, -0.15) is 0 Å². The number of rotatable bonds is 17. The zero-order valence-corrected chi connectivity index (χ0v) is 17.3. The summed E-state index contributed by atoms with van der Waals surface area (Å²) >= 11 is 0. The Hall–Kier alpha value is -1.51. The van der Waals surface area contributed by atoms with Crippen molar-refractivity contribution >= 4 is 5.97 Å². The molecular weight excluding hydrogens is 336 g/mol. The summed E-state index contributed by atoms with van der Waals surface area (Å²) < 4.78 is 0. The highest BCUT2D eigenvalue weighted by Crippen LogP contribution is 2.25. The number of phenols is 1. The maximum Gasteiger partial charge on any atom is 0.303 e. The molecule has 0 saturated heterocycles. The molecule has 154 valence electrons. The first-order valence-corrected chi connectivity index (χ1v) is 11.1. The second-order valence-corrected chi connectivity index (χ2v) is 8.02. The van der Waals surface area contributed by atoms with E-state index in [4.69, 9.17) is 5.11 Å². The number of carboxylic acids is 1. The molecule has 1 aromatic rings. The van der Waals surface area contributed by atoms with E-state index in [0.717, 1.165) is 12.8 Å². The van der Waals surface area contributed by atoms with Crippen LogP contribution in [0.4, 0.5) is 0 Å². The lowest BCUT2D eigenvalue weighted by atomic mass is 9.94. The lowest BCUT2D eigenvalue weighted by Crippen LogP contribution is -1.93. The number of benzene rings is 1. The number of hydrogen-bond donors (Lipinski definition) is 2. The van der Waals surface area contributed by atoms with Crippen molar-refractivity contribution in [2.24, 2.45) is 0 Å². The lowest BCUT2D eigenvalue weighted by Gasteiger charge is -2.12. The highest BCUT2D eigenvalue weighted by Gasteiger charge is 2.05. The summed E-state index contributed by atoms with van der Waals surface area (Å²) in [5.74, 6) is 0.236. The molecule has 0 aromatic heterocycles. The topological polar surface area (TPSA) is 57.5 Å². The minimum atomic E-state index is -0.666. The molecular formula is C24H40O3. The Morgan fingerprint density at radius 1 is 0.815 bits per heavy atom. The van der Waals surface area contributed by atoms with Gasteiger partial charge in [-0.15, -0.1) is 0 Å². The SMILES string of the molecule is CC(CCCCCCCCCCCCCCCC(=O)O)c1cccc(O)c1. The molecule has 0 saturated carbocycles. The van der Waals surface area contributed by atoms with Crippen molar-refractivity contribution in [1.29, 1.82) is 0 Å². The van der Waals surface area contributed by atoms with Gasteiger partial charge in [-0.3, -0.25) is 4.79 Å². The van der Waals surface area contributed by atoms with Crippen LogP contribution in [-0.4, -0.2) is 16.2 Å². The van der Waals surface area contributed by atoms with Crippen LogP contribution in [-0.2, 0) is 4.79 Å². The van der Waals surface area contributed by atoms with Crippen LogP contribution in [0, 0.1) is 0 Å². The van der Waals surface area contributed by atoms with E-state index in [2.05, 4.69) is 13.0 Å². The van der Waals surface area contributed by atoms with Gasteiger partial charge >= 0.3 is 5.97 Å². The molecule has 0 fully saturated rings. The van der Waals surface area contributed by atoms with Crippen molar-refractivity contribution < 1.29 is 15.0 Å². The number of carbonyl (C=O) groups is 1. The first-order valence-electron chi connectivity index (χ1n) is 11.1. The minimum absolute atomic E-state index is 0.328. The standard InChI is InChI=1S/C24H40O3/c1-21(22-17-15-18-23(25)20-22)16-13-11-9-7-5-3-2-4-6-8-10-12-14-19-24(26)27/h15,17-18,20-21,25H,2-14,16,19H2,1H3,(H,26,27). The molecule has 3 heteroatoms. The number of aliphatic carboxylic acids is 1. The van der Waals surface area contributed by atoms with Crippen molar-refractivity contribution in [3.63, 3.8) is 0 Å². The second kappa shape index (κ2) is 15.5. The van der Waals surface area contributed by atoms with Gasteiger partial charge < -0.3 is 10.2 Å². The van der Waals surface area contributed by atoms with Gasteiger partial charge in [0.05, 0.1) is 0 Å². The molecule has 1 atom stereocenters. The second-order valence-electron chi connectivity index (χ2n) is 8.02. The van der Waals surface area contributed by atoms with Gasteiger partial charge in [0.2, 0.25) is 0 Å². The van der Waals surface area contributed by atoms with Gasteiger partial charge in [-0.1, -0.05) is 96.1 Å². The molecule has 1 rings (SSSR count). The fourth-order valence-electron chi connectivity index (χ4n) is 3.67. The van der Waals surface area contributed by atoms with Crippen molar-refractivity contribution in [2.75, 3.05) is 0 Å². The van der Waals surface area contributed by atoms with E-state index in [1.165, 1.54) is 82.6 Å². The van der Waals surface area contributed by atoms with Crippen LogP contribution in [0.15, 0.2) is 24.3 Å². The molecule has 27 heavy (non-hydrogen) atoms. The molecule has 0 aliphatic carbocycles. The quantitative estimate of drug-likeness (QED) is 0.278. The molecule has 3 nitrogen and oxygen atoms in total. The fourth-order valence-corrected chi connectivity index (χ4v) is 3.67. The normalized spacial score (nSPS) is 12.2. The maximum atomic E-state index is 10.4. The summed E-state index contributed by atoms with van der Waals surface area (Å²) in [6.45, 7) is 2.25. The Labute approximate surface area is 166 Å². The average Bonchev–Trinajstić information content (AvgIpc) is 2.64. The molecule has 0 amide bonds. The van der Waals surface area contributed by atoms with Crippen LogP contribution < -0.4 is 0 Å². The Kier molecular flexibility index (Phi) is 13.5. The summed E-state index contributed by atoms with van der Waals surface area (Å²) in [6, 6.07) is 7.67. The molecule has 0 spiro atoms. The number of phenolic OH excluding ortho intramolecular Hbond substituents is 1. The van der Waals surface area contributed by atoms with Gasteiger partial charge in [0.15, 0.2) is 0 Å². The van der Waals surface area contributed by atoms with Gasteiger partial charge in [-0.25, -0.2) is 0 Å². The van der Waals surface area contributed by atoms with Gasteiger partial charge in [0, 0.05) is 6.42 Å². The maximum absolute atomic E-state index is 10.4. The zero-order valence-electron chi connectivity index (χ0n) is 17.3. The lowest BCUT2D eigenvalue weighted by molar-refractivity contribution is -0.137. The van der Waals surface area contributed by atoms with E-state index < -0.39 is 5.97 Å². The van der Waals surface area contributed by atoms with Crippen molar-refractivity contribution in [1.82, 2.24) is 0 Å². The molecule has 0 heterocycles. The Bertz CT molecular complexity index is 498. The van der Waals surface area contributed by atoms with Gasteiger partial charge in [0.25, 0.3) is 0 Å². The summed E-state index contributed by atoms with van der Waals surface area (Å²) in [4.78, 5) is 10.4. The van der Waals surface area contributed by atoms with Crippen molar-refractivity contribution in [3.05, 3.63) is 29.8 Å². The first-order chi connectivity index (χ1) is 13.1. The van der Waals surface area contributed by atoms with E-state index in [1.807, 2.05) is 12.1 Å². The van der Waals surface area contributed by atoms with E-state index in [1.54, 1.807) is 6.07 Å². The molecule has 0 aliphatic rings. The monoisotopic (exact) mass is 376 g/mol. The van der Waals surface area contributed by atoms with Crippen LogP contribution >= 0.6 is 0 Å². The first kappa shape index (κ1) is 23.5. The van der Waals surface area contributed by atoms with Crippen molar-refractivity contribution in [2.45, 2.75) is 109 Å². The minimum Gasteiger partial charge on any atom is -0.508 e. The third-order valence-corrected chi connectivity index (χ3v) is 5.47. The van der Waals surface area contributed by atoms with Crippen LogP contribution in [0.5, 0.6) is 5.75 Å². The van der Waals surface area contributed by atoms with Crippen molar-refractivity contribution in [3.8, 4) is 5.75 Å². The molecule has 0 radical (unpaired) electrons. The highest BCUT2D eigenvalue weighted by molar-refractivity contribution is 5.66. The van der Waals surface area contributed by atoms with Crippen LogP contribution in [0.2, 0.25) is 0 Å². The molecule has 1 unspecified atom stereocenters. The highest BCUT2D eigenvalue weighted by atomic mass is 16.4. The van der Waals surface area contributed by atoms with Crippen LogP contribution in [0.1, 0.15) is 115 Å². The Morgan fingerprint density at radius 2 is 1.30 bits per heavy atom. The number of unbranched alkanes of at least 4 members (excludes halogenated alkanes) is 12. The van der Waals surface area contributed by atoms with E-state index in [-0.39, 0.29) is 0 Å². The average molecular weight is 377 g/mol. The van der Waals surface area contributed by atoms with E-state index in [9.17, 15) is 9.90 Å². The van der Waals surface area contributed by atoms with E-state index in [0.29, 0.717) is 18.1 Å². The molecule has 0 aliphatic heterocycles. The fraction of sp³-hybridized carbons (Fsp3) is 0.708. The third-order valence-electron chi connectivity index (χ3n) is 5.47. The zero-order chi connectivity index (χ0) is 19.7. The van der Waals surface area contributed by atoms with Gasteiger partial charge in [-0.05, 0) is 36.5 Å². The summed E-state index contributed by atoms with van der Waals surface area (Å²) in [5.41, 5.74) is 1.25. The summed E-state index contributed by atoms with van der Waals surface area (Å²) in [6.07, 6.45) is 17.9. The molecule has 1 aromatic carbocycles. The Morgan fingerprint density at radius 3 is 1.78 bits per heavy atom. The van der Waals surface area contributed by atoms with Crippen LogP contribution in [0.3, 0.4) is 0 Å². The molecule has 2 N–H and O–H groups in total. The third kappa shape index (κ3) is 13.3. The smallest absolute Gasteiger partial charge is 0.303 e. The predicted octanol–water partition coefficient (Wildman–Crippen LogP) is 7.43. The predicted molar refractivity (Wildman–Crippen MR) is 113 cm³/mol. The summed E-state index contributed by atoms with van der Waals surface area (Å²) in [5, 5.41) is 18.1. The largest absolute Gasteiger partial charge is 0.508 e. The number of hydrogen-bond acceptors (Lipinski definition) is 2. The van der Waals surface area contributed by atoms with E-state index >= 15 is 0 Å². The van der Waals surface area contributed by atoms with Crippen LogP contribution in [0.25, 0.3) is 0 Å². The molecule has 0 bridgehead atoms.